The Labute approximate surface area is 74.1 Å². The molecule has 2 heteroatoms. The highest BCUT2D eigenvalue weighted by molar-refractivity contribution is 6.17. The summed E-state index contributed by atoms with van der Waals surface area (Å²) < 4.78 is 0. The van der Waals surface area contributed by atoms with Crippen molar-refractivity contribution in [1.82, 2.24) is 0 Å². The van der Waals surface area contributed by atoms with Crippen molar-refractivity contribution in [2.24, 2.45) is 0 Å². The highest BCUT2D eigenvalue weighted by Gasteiger charge is 1.93. The van der Waals surface area contributed by atoms with Gasteiger partial charge in [-0.2, -0.15) is 0 Å². The second kappa shape index (κ2) is 8.09. The average Bonchev–Trinajstić information content (AvgIpc) is 1.99. The molecule has 0 aromatic carbocycles. The SMILES string of the molecule is CCCC(O)/C=C/CCCCl. The van der Waals surface area contributed by atoms with Gasteiger partial charge in [0.05, 0.1) is 6.10 Å². The van der Waals surface area contributed by atoms with Crippen molar-refractivity contribution in [3.63, 3.8) is 0 Å². The van der Waals surface area contributed by atoms with E-state index in [4.69, 9.17) is 11.6 Å². The van der Waals surface area contributed by atoms with Crippen LogP contribution in [-0.4, -0.2) is 17.1 Å². The molecule has 0 aliphatic heterocycles. The minimum absolute atomic E-state index is 0.254. The predicted octanol–water partition coefficient (Wildman–Crippen LogP) is 2.72. The van der Waals surface area contributed by atoms with Gasteiger partial charge in [0.25, 0.3) is 0 Å². The molecule has 0 spiro atoms. The van der Waals surface area contributed by atoms with Gasteiger partial charge >= 0.3 is 0 Å². The summed E-state index contributed by atoms with van der Waals surface area (Å²) in [6, 6.07) is 0. The van der Waals surface area contributed by atoms with Crippen LogP contribution in [0.15, 0.2) is 12.2 Å². The number of alkyl halides is 1. The second-order valence-corrected chi connectivity index (χ2v) is 2.99. The molecule has 0 saturated heterocycles. The van der Waals surface area contributed by atoms with Crippen molar-refractivity contribution in [3.8, 4) is 0 Å². The molecular weight excluding hydrogens is 160 g/mol. The first kappa shape index (κ1) is 11.0. The van der Waals surface area contributed by atoms with E-state index in [0.717, 1.165) is 25.7 Å². The predicted molar refractivity (Wildman–Crippen MR) is 50.0 cm³/mol. The summed E-state index contributed by atoms with van der Waals surface area (Å²) in [5.74, 6) is 0.703. The zero-order chi connectivity index (χ0) is 8.53. The van der Waals surface area contributed by atoms with Crippen LogP contribution in [0.25, 0.3) is 0 Å². The van der Waals surface area contributed by atoms with Crippen LogP contribution in [0, 0.1) is 0 Å². The van der Waals surface area contributed by atoms with Gasteiger partial charge in [-0.1, -0.05) is 25.5 Å². The molecule has 0 aliphatic carbocycles. The van der Waals surface area contributed by atoms with Gasteiger partial charge in [-0.15, -0.1) is 11.6 Å². The molecule has 0 amide bonds. The zero-order valence-electron chi connectivity index (χ0n) is 7.09. The zero-order valence-corrected chi connectivity index (χ0v) is 7.85. The van der Waals surface area contributed by atoms with Crippen molar-refractivity contribution < 1.29 is 5.11 Å². The standard InChI is InChI=1S/C9H17ClO/c1-2-6-9(11)7-4-3-5-8-10/h4,7,9,11H,2-3,5-6,8H2,1H3/b7-4+. The fourth-order valence-electron chi connectivity index (χ4n) is 0.840. The van der Waals surface area contributed by atoms with E-state index in [2.05, 4.69) is 6.92 Å². The topological polar surface area (TPSA) is 20.2 Å². The number of halogens is 1. The molecule has 0 bridgehead atoms. The third-order valence-electron chi connectivity index (χ3n) is 1.45. The van der Waals surface area contributed by atoms with Crippen LogP contribution >= 0.6 is 11.6 Å². The lowest BCUT2D eigenvalue weighted by atomic mass is 10.2. The van der Waals surface area contributed by atoms with Crippen LogP contribution in [0.5, 0.6) is 0 Å². The fraction of sp³-hybridized carbons (Fsp3) is 0.778. The average molecular weight is 177 g/mol. The monoisotopic (exact) mass is 176 g/mol. The molecule has 0 aliphatic rings. The maximum absolute atomic E-state index is 9.23. The molecule has 1 nitrogen and oxygen atoms in total. The van der Waals surface area contributed by atoms with E-state index < -0.39 is 0 Å². The first-order chi connectivity index (χ1) is 5.31. The fourth-order valence-corrected chi connectivity index (χ4v) is 0.995. The second-order valence-electron chi connectivity index (χ2n) is 2.62. The van der Waals surface area contributed by atoms with E-state index in [0.29, 0.717) is 5.88 Å². The van der Waals surface area contributed by atoms with E-state index >= 15 is 0 Å². The molecule has 0 fully saturated rings. The number of aliphatic hydroxyl groups excluding tert-OH is 1. The third-order valence-corrected chi connectivity index (χ3v) is 1.71. The number of unbranched alkanes of at least 4 members (excludes halogenated alkanes) is 1. The number of hydrogen-bond acceptors (Lipinski definition) is 1. The van der Waals surface area contributed by atoms with Crippen molar-refractivity contribution in [2.75, 3.05) is 5.88 Å². The maximum atomic E-state index is 9.23. The molecule has 1 atom stereocenters. The Morgan fingerprint density at radius 3 is 2.82 bits per heavy atom. The molecule has 1 N–H and O–H groups in total. The number of rotatable bonds is 6. The Kier molecular flexibility index (Phi) is 8.08. The maximum Gasteiger partial charge on any atom is 0.0720 e. The molecule has 0 heterocycles. The Morgan fingerprint density at radius 2 is 2.27 bits per heavy atom. The van der Waals surface area contributed by atoms with Gasteiger partial charge in [-0.25, -0.2) is 0 Å². The molecule has 0 aromatic rings. The van der Waals surface area contributed by atoms with Crippen LogP contribution in [0.2, 0.25) is 0 Å². The Bertz CT molecular complexity index is 102. The Morgan fingerprint density at radius 1 is 1.55 bits per heavy atom. The summed E-state index contributed by atoms with van der Waals surface area (Å²) in [4.78, 5) is 0. The summed E-state index contributed by atoms with van der Waals surface area (Å²) in [5, 5.41) is 9.23. The number of allylic oxidation sites excluding steroid dienone is 1. The van der Waals surface area contributed by atoms with Crippen molar-refractivity contribution in [3.05, 3.63) is 12.2 Å². The van der Waals surface area contributed by atoms with Gasteiger partial charge in [0.2, 0.25) is 0 Å². The van der Waals surface area contributed by atoms with Crippen LogP contribution in [-0.2, 0) is 0 Å². The Balaban J connectivity index is 3.24. The highest BCUT2D eigenvalue weighted by Crippen LogP contribution is 2.00. The van der Waals surface area contributed by atoms with E-state index in [1.807, 2.05) is 12.2 Å². The minimum atomic E-state index is -0.254. The van der Waals surface area contributed by atoms with Crippen LogP contribution < -0.4 is 0 Å². The molecule has 0 rings (SSSR count). The molecular formula is C9H17ClO. The van der Waals surface area contributed by atoms with Gasteiger partial charge in [0.15, 0.2) is 0 Å². The van der Waals surface area contributed by atoms with E-state index in [1.54, 1.807) is 0 Å². The first-order valence-electron chi connectivity index (χ1n) is 4.22. The molecule has 1 unspecified atom stereocenters. The lowest BCUT2D eigenvalue weighted by Crippen LogP contribution is -1.99. The summed E-state index contributed by atoms with van der Waals surface area (Å²) in [5.41, 5.74) is 0. The van der Waals surface area contributed by atoms with Crippen LogP contribution in [0.1, 0.15) is 32.6 Å². The largest absolute Gasteiger partial charge is 0.389 e. The summed E-state index contributed by atoms with van der Waals surface area (Å²) in [6.45, 7) is 2.07. The van der Waals surface area contributed by atoms with Gasteiger partial charge in [-0.3, -0.25) is 0 Å². The van der Waals surface area contributed by atoms with Crippen LogP contribution in [0.4, 0.5) is 0 Å². The number of hydrogen-bond donors (Lipinski definition) is 1. The normalized spacial score (nSPS) is 14.1. The van der Waals surface area contributed by atoms with E-state index in [-0.39, 0.29) is 6.10 Å². The van der Waals surface area contributed by atoms with Crippen molar-refractivity contribution >= 4 is 11.6 Å². The van der Waals surface area contributed by atoms with Crippen molar-refractivity contribution in [2.45, 2.75) is 38.7 Å². The van der Waals surface area contributed by atoms with Crippen LogP contribution in [0.3, 0.4) is 0 Å². The molecule has 0 radical (unpaired) electrons. The summed E-state index contributed by atoms with van der Waals surface area (Å²) in [7, 11) is 0. The molecule has 0 aromatic heterocycles. The smallest absolute Gasteiger partial charge is 0.0720 e. The summed E-state index contributed by atoms with van der Waals surface area (Å²) in [6.07, 6.45) is 7.47. The third kappa shape index (κ3) is 7.89. The van der Waals surface area contributed by atoms with E-state index in [9.17, 15) is 5.11 Å². The van der Waals surface area contributed by atoms with Gasteiger partial charge in [-0.05, 0) is 19.3 Å². The molecule has 11 heavy (non-hydrogen) atoms. The molecule has 66 valence electrons. The minimum Gasteiger partial charge on any atom is -0.389 e. The van der Waals surface area contributed by atoms with Gasteiger partial charge < -0.3 is 5.11 Å². The van der Waals surface area contributed by atoms with Crippen molar-refractivity contribution in [1.29, 1.82) is 0 Å². The summed E-state index contributed by atoms with van der Waals surface area (Å²) >= 11 is 5.48. The molecule has 0 saturated carbocycles. The first-order valence-corrected chi connectivity index (χ1v) is 4.75. The van der Waals surface area contributed by atoms with Gasteiger partial charge in [0, 0.05) is 5.88 Å². The lowest BCUT2D eigenvalue weighted by Gasteiger charge is -2.00. The highest BCUT2D eigenvalue weighted by atomic mass is 35.5. The number of aliphatic hydroxyl groups is 1. The Hall–Kier alpha value is -0.0100. The lowest BCUT2D eigenvalue weighted by molar-refractivity contribution is 0.211. The van der Waals surface area contributed by atoms with Gasteiger partial charge in [0.1, 0.15) is 0 Å². The van der Waals surface area contributed by atoms with E-state index in [1.165, 1.54) is 0 Å². The quantitative estimate of drug-likeness (QED) is 0.375.